The van der Waals surface area contributed by atoms with Crippen molar-refractivity contribution in [2.45, 2.75) is 26.2 Å². The molecule has 3 heteroatoms. The lowest BCUT2D eigenvalue weighted by molar-refractivity contribution is 0.413. The molecule has 2 aromatic heterocycles. The van der Waals surface area contributed by atoms with Crippen LogP contribution in [0.3, 0.4) is 0 Å². The van der Waals surface area contributed by atoms with E-state index in [0.717, 1.165) is 17.0 Å². The number of methoxy groups -OCH3 is 1. The SMILES string of the molecule is COc1cncc(-c2ccc(C(C)(C)C)cn2)c1. The first-order valence-electron chi connectivity index (χ1n) is 5.96. The van der Waals surface area contributed by atoms with Crippen LogP contribution in [-0.4, -0.2) is 17.1 Å². The van der Waals surface area contributed by atoms with Crippen molar-refractivity contribution in [2.24, 2.45) is 0 Å². The Labute approximate surface area is 108 Å². The van der Waals surface area contributed by atoms with E-state index in [4.69, 9.17) is 4.74 Å². The van der Waals surface area contributed by atoms with Gasteiger partial charge < -0.3 is 4.74 Å². The Morgan fingerprint density at radius 2 is 1.83 bits per heavy atom. The quantitative estimate of drug-likeness (QED) is 0.809. The third-order valence-electron chi connectivity index (χ3n) is 2.87. The van der Waals surface area contributed by atoms with Gasteiger partial charge in [0.05, 0.1) is 19.0 Å². The first-order chi connectivity index (χ1) is 8.50. The Kier molecular flexibility index (Phi) is 3.32. The van der Waals surface area contributed by atoms with Crippen LogP contribution in [0.4, 0.5) is 0 Å². The fourth-order valence-electron chi connectivity index (χ4n) is 1.68. The molecule has 94 valence electrons. The van der Waals surface area contributed by atoms with Crippen LogP contribution in [0.1, 0.15) is 26.3 Å². The van der Waals surface area contributed by atoms with Crippen LogP contribution in [0.5, 0.6) is 5.75 Å². The normalized spacial score (nSPS) is 11.3. The largest absolute Gasteiger partial charge is 0.495 e. The number of pyridine rings is 2. The second-order valence-corrected chi connectivity index (χ2v) is 5.30. The van der Waals surface area contributed by atoms with Gasteiger partial charge in [-0.1, -0.05) is 26.8 Å². The molecule has 0 saturated carbocycles. The van der Waals surface area contributed by atoms with Crippen molar-refractivity contribution in [3.63, 3.8) is 0 Å². The van der Waals surface area contributed by atoms with E-state index in [0.29, 0.717) is 0 Å². The Morgan fingerprint density at radius 3 is 2.39 bits per heavy atom. The summed E-state index contributed by atoms with van der Waals surface area (Å²) in [6.07, 6.45) is 5.41. The van der Waals surface area contributed by atoms with E-state index < -0.39 is 0 Å². The van der Waals surface area contributed by atoms with E-state index in [1.54, 1.807) is 19.5 Å². The fourth-order valence-corrected chi connectivity index (χ4v) is 1.68. The monoisotopic (exact) mass is 242 g/mol. The van der Waals surface area contributed by atoms with Crippen LogP contribution < -0.4 is 4.74 Å². The summed E-state index contributed by atoms with van der Waals surface area (Å²) in [7, 11) is 1.64. The maximum atomic E-state index is 5.16. The molecule has 0 atom stereocenters. The molecule has 3 nitrogen and oxygen atoms in total. The molecule has 0 aromatic carbocycles. The van der Waals surface area contributed by atoms with Crippen LogP contribution in [0, 0.1) is 0 Å². The van der Waals surface area contributed by atoms with E-state index in [1.165, 1.54) is 5.56 Å². The molecule has 2 heterocycles. The third-order valence-corrected chi connectivity index (χ3v) is 2.87. The first-order valence-corrected chi connectivity index (χ1v) is 5.96. The zero-order valence-electron chi connectivity index (χ0n) is 11.3. The van der Waals surface area contributed by atoms with Gasteiger partial charge >= 0.3 is 0 Å². The Hall–Kier alpha value is -1.90. The molecular formula is C15H18N2O. The summed E-state index contributed by atoms with van der Waals surface area (Å²) < 4.78 is 5.16. The molecule has 2 aromatic rings. The van der Waals surface area contributed by atoms with E-state index in [2.05, 4.69) is 36.8 Å². The zero-order valence-corrected chi connectivity index (χ0v) is 11.3. The highest BCUT2D eigenvalue weighted by atomic mass is 16.5. The second-order valence-electron chi connectivity index (χ2n) is 5.30. The molecule has 0 unspecified atom stereocenters. The number of rotatable bonds is 2. The van der Waals surface area contributed by atoms with Gasteiger partial charge in [-0.25, -0.2) is 0 Å². The van der Waals surface area contributed by atoms with Gasteiger partial charge in [0.15, 0.2) is 0 Å². The molecule has 0 aliphatic carbocycles. The van der Waals surface area contributed by atoms with Gasteiger partial charge in [0.1, 0.15) is 5.75 Å². The molecule has 0 radical (unpaired) electrons. The average Bonchev–Trinajstić information content (AvgIpc) is 2.38. The summed E-state index contributed by atoms with van der Waals surface area (Å²) >= 11 is 0. The van der Waals surface area contributed by atoms with Crippen LogP contribution in [-0.2, 0) is 5.41 Å². The lowest BCUT2D eigenvalue weighted by Crippen LogP contribution is -2.11. The van der Waals surface area contributed by atoms with Gasteiger partial charge in [-0.2, -0.15) is 0 Å². The topological polar surface area (TPSA) is 35.0 Å². The molecule has 18 heavy (non-hydrogen) atoms. The summed E-state index contributed by atoms with van der Waals surface area (Å²) in [4.78, 5) is 8.63. The molecular weight excluding hydrogens is 224 g/mol. The van der Waals surface area contributed by atoms with Gasteiger partial charge in [0.25, 0.3) is 0 Å². The molecule has 0 fully saturated rings. The lowest BCUT2D eigenvalue weighted by atomic mass is 9.88. The standard InChI is InChI=1S/C15H18N2O/c1-15(2,3)12-5-6-14(17-9-12)11-7-13(18-4)10-16-8-11/h5-10H,1-4H3. The van der Waals surface area contributed by atoms with Crippen molar-refractivity contribution >= 4 is 0 Å². The molecule has 0 N–H and O–H groups in total. The summed E-state index contributed by atoms with van der Waals surface area (Å²) in [5, 5.41) is 0. The molecule has 2 rings (SSSR count). The van der Waals surface area contributed by atoms with E-state index in [1.807, 2.05) is 18.3 Å². The van der Waals surface area contributed by atoms with Gasteiger partial charge in [-0.15, -0.1) is 0 Å². The van der Waals surface area contributed by atoms with Gasteiger partial charge in [0, 0.05) is 18.0 Å². The highest BCUT2D eigenvalue weighted by Gasteiger charge is 2.13. The molecule has 0 spiro atoms. The average molecular weight is 242 g/mol. The molecule has 0 bridgehead atoms. The summed E-state index contributed by atoms with van der Waals surface area (Å²) in [5.41, 5.74) is 3.23. The van der Waals surface area contributed by atoms with Crippen molar-refractivity contribution in [1.82, 2.24) is 9.97 Å². The van der Waals surface area contributed by atoms with Gasteiger partial charge in [-0.05, 0) is 23.1 Å². The van der Waals surface area contributed by atoms with Crippen molar-refractivity contribution < 1.29 is 4.74 Å². The van der Waals surface area contributed by atoms with Gasteiger partial charge in [-0.3, -0.25) is 9.97 Å². The van der Waals surface area contributed by atoms with Crippen molar-refractivity contribution in [2.75, 3.05) is 7.11 Å². The molecule has 0 amide bonds. The van der Waals surface area contributed by atoms with E-state index >= 15 is 0 Å². The first kappa shape index (κ1) is 12.6. The van der Waals surface area contributed by atoms with Crippen LogP contribution in [0.15, 0.2) is 36.8 Å². The second kappa shape index (κ2) is 4.77. The number of aromatic nitrogens is 2. The maximum Gasteiger partial charge on any atom is 0.137 e. The number of hydrogen-bond acceptors (Lipinski definition) is 3. The minimum absolute atomic E-state index is 0.123. The number of nitrogens with zero attached hydrogens (tertiary/aromatic N) is 2. The predicted octanol–water partition coefficient (Wildman–Crippen LogP) is 3.45. The van der Waals surface area contributed by atoms with Crippen molar-refractivity contribution in [3.8, 4) is 17.0 Å². The summed E-state index contributed by atoms with van der Waals surface area (Å²) in [5.74, 6) is 0.745. The minimum atomic E-state index is 0.123. The Morgan fingerprint density at radius 1 is 1.06 bits per heavy atom. The summed E-state index contributed by atoms with van der Waals surface area (Å²) in [6.45, 7) is 6.53. The maximum absolute atomic E-state index is 5.16. The number of hydrogen-bond donors (Lipinski definition) is 0. The Bertz CT molecular complexity index is 527. The zero-order chi connectivity index (χ0) is 13.2. The van der Waals surface area contributed by atoms with E-state index in [-0.39, 0.29) is 5.41 Å². The summed E-state index contributed by atoms with van der Waals surface area (Å²) in [6, 6.07) is 6.07. The van der Waals surface area contributed by atoms with Gasteiger partial charge in [0.2, 0.25) is 0 Å². The lowest BCUT2D eigenvalue weighted by Gasteiger charge is -2.18. The molecule has 0 aliphatic heterocycles. The molecule has 0 aliphatic rings. The third kappa shape index (κ3) is 2.67. The van der Waals surface area contributed by atoms with Crippen LogP contribution in [0.25, 0.3) is 11.3 Å². The predicted molar refractivity (Wildman–Crippen MR) is 72.7 cm³/mol. The highest BCUT2D eigenvalue weighted by Crippen LogP contribution is 2.25. The highest BCUT2D eigenvalue weighted by molar-refractivity contribution is 5.59. The van der Waals surface area contributed by atoms with Crippen LogP contribution in [0.2, 0.25) is 0 Å². The van der Waals surface area contributed by atoms with Crippen LogP contribution >= 0.6 is 0 Å². The number of ether oxygens (including phenoxy) is 1. The smallest absolute Gasteiger partial charge is 0.137 e. The van der Waals surface area contributed by atoms with Crippen molar-refractivity contribution in [1.29, 1.82) is 0 Å². The molecule has 0 saturated heterocycles. The Balaban J connectivity index is 2.34. The fraction of sp³-hybridized carbons (Fsp3) is 0.333. The minimum Gasteiger partial charge on any atom is -0.495 e. The van der Waals surface area contributed by atoms with Crippen molar-refractivity contribution in [3.05, 3.63) is 42.4 Å². The van der Waals surface area contributed by atoms with E-state index in [9.17, 15) is 0 Å².